The van der Waals surface area contributed by atoms with Gasteiger partial charge in [0.1, 0.15) is 5.75 Å². The first-order chi connectivity index (χ1) is 9.17. The average Bonchev–Trinajstić information content (AvgIpc) is 2.86. The van der Waals surface area contributed by atoms with E-state index in [1.807, 2.05) is 0 Å². The normalized spacial score (nSPS) is 22.8. The van der Waals surface area contributed by atoms with Gasteiger partial charge in [-0.15, -0.1) is 0 Å². The molecule has 1 aromatic carbocycles. The second-order valence-electron chi connectivity index (χ2n) is 6.77. The lowest BCUT2D eigenvalue weighted by Gasteiger charge is -2.37. The van der Waals surface area contributed by atoms with E-state index in [1.165, 1.54) is 62.5 Å². The van der Waals surface area contributed by atoms with Gasteiger partial charge in [0.2, 0.25) is 0 Å². The molecule has 2 fully saturated rings. The third-order valence-corrected chi connectivity index (χ3v) is 5.44. The topological polar surface area (TPSA) is 9.23 Å². The fraction of sp³-hybridized carbons (Fsp3) is 0.667. The van der Waals surface area contributed by atoms with E-state index in [9.17, 15) is 0 Å². The summed E-state index contributed by atoms with van der Waals surface area (Å²) in [7, 11) is 0. The van der Waals surface area contributed by atoms with E-state index < -0.39 is 0 Å². The molecule has 0 aliphatic heterocycles. The highest BCUT2D eigenvalue weighted by molar-refractivity contribution is 5.33. The van der Waals surface area contributed by atoms with E-state index in [0.717, 1.165) is 5.75 Å². The highest BCUT2D eigenvalue weighted by Crippen LogP contribution is 2.49. The van der Waals surface area contributed by atoms with Crippen LogP contribution in [-0.2, 0) is 0 Å². The summed E-state index contributed by atoms with van der Waals surface area (Å²) < 4.78 is 6.19. The molecule has 0 N–H and O–H groups in total. The van der Waals surface area contributed by atoms with Gasteiger partial charge in [-0.3, -0.25) is 0 Å². The van der Waals surface area contributed by atoms with Crippen LogP contribution in [0.5, 0.6) is 5.75 Å². The summed E-state index contributed by atoms with van der Waals surface area (Å²) in [4.78, 5) is 0. The molecule has 19 heavy (non-hydrogen) atoms. The lowest BCUT2D eigenvalue weighted by atomic mass is 9.72. The SMILES string of the molecule is Cc1ccc(OC2CCC3(CCCC3)CC2)cc1C. The maximum atomic E-state index is 6.19. The fourth-order valence-electron chi connectivity index (χ4n) is 3.93. The average molecular weight is 258 g/mol. The Bertz CT molecular complexity index is 433. The number of hydrogen-bond donors (Lipinski definition) is 0. The van der Waals surface area contributed by atoms with Gasteiger partial charge in [-0.1, -0.05) is 18.9 Å². The van der Waals surface area contributed by atoms with Gasteiger partial charge in [-0.25, -0.2) is 0 Å². The molecule has 1 heteroatoms. The number of aryl methyl sites for hydroxylation is 2. The van der Waals surface area contributed by atoms with Gasteiger partial charge in [0, 0.05) is 0 Å². The smallest absolute Gasteiger partial charge is 0.119 e. The molecule has 0 heterocycles. The standard InChI is InChI=1S/C18H26O/c1-14-5-6-17(13-15(14)2)19-16-7-11-18(12-8-16)9-3-4-10-18/h5-6,13,16H,3-4,7-12H2,1-2H3. The maximum absolute atomic E-state index is 6.19. The lowest BCUT2D eigenvalue weighted by Crippen LogP contribution is -2.30. The van der Waals surface area contributed by atoms with E-state index in [0.29, 0.717) is 11.5 Å². The molecule has 2 aliphatic rings. The van der Waals surface area contributed by atoms with Crippen LogP contribution < -0.4 is 4.74 Å². The summed E-state index contributed by atoms with van der Waals surface area (Å²) in [5.74, 6) is 1.07. The van der Waals surface area contributed by atoms with Crippen LogP contribution in [0.25, 0.3) is 0 Å². The molecule has 0 unspecified atom stereocenters. The number of ether oxygens (including phenoxy) is 1. The largest absolute Gasteiger partial charge is 0.490 e. The first kappa shape index (κ1) is 13.0. The van der Waals surface area contributed by atoms with Crippen molar-refractivity contribution in [3.8, 4) is 5.75 Å². The molecular weight excluding hydrogens is 232 g/mol. The highest BCUT2D eigenvalue weighted by Gasteiger charge is 2.37. The monoisotopic (exact) mass is 258 g/mol. The van der Waals surface area contributed by atoms with Crippen molar-refractivity contribution in [2.45, 2.75) is 71.3 Å². The number of benzene rings is 1. The predicted molar refractivity (Wildman–Crippen MR) is 79.7 cm³/mol. The molecule has 1 nitrogen and oxygen atoms in total. The van der Waals surface area contributed by atoms with Crippen molar-refractivity contribution in [2.24, 2.45) is 5.41 Å². The summed E-state index contributed by atoms with van der Waals surface area (Å²) >= 11 is 0. The maximum Gasteiger partial charge on any atom is 0.119 e. The van der Waals surface area contributed by atoms with Gasteiger partial charge in [0.25, 0.3) is 0 Å². The molecule has 0 amide bonds. The molecular formula is C18H26O. The zero-order valence-corrected chi connectivity index (χ0v) is 12.4. The van der Waals surface area contributed by atoms with Crippen molar-refractivity contribution in [1.82, 2.24) is 0 Å². The van der Waals surface area contributed by atoms with Crippen LogP contribution in [0.2, 0.25) is 0 Å². The fourth-order valence-corrected chi connectivity index (χ4v) is 3.93. The molecule has 0 bridgehead atoms. The summed E-state index contributed by atoms with van der Waals surface area (Å²) in [5.41, 5.74) is 3.39. The third-order valence-electron chi connectivity index (χ3n) is 5.44. The van der Waals surface area contributed by atoms with Crippen molar-refractivity contribution >= 4 is 0 Å². The van der Waals surface area contributed by atoms with E-state index in [2.05, 4.69) is 32.0 Å². The molecule has 3 rings (SSSR count). The molecule has 104 valence electrons. The second-order valence-corrected chi connectivity index (χ2v) is 6.77. The predicted octanol–water partition coefficient (Wildman–Crippen LogP) is 5.19. The second kappa shape index (κ2) is 5.19. The summed E-state index contributed by atoms with van der Waals surface area (Å²) in [6, 6.07) is 6.49. The molecule has 0 atom stereocenters. The Morgan fingerprint density at radius 1 is 0.947 bits per heavy atom. The van der Waals surface area contributed by atoms with Gasteiger partial charge in [0.15, 0.2) is 0 Å². The molecule has 1 spiro atoms. The number of hydrogen-bond acceptors (Lipinski definition) is 1. The van der Waals surface area contributed by atoms with Crippen molar-refractivity contribution in [3.05, 3.63) is 29.3 Å². The van der Waals surface area contributed by atoms with Crippen LogP contribution in [0.1, 0.15) is 62.5 Å². The highest BCUT2D eigenvalue weighted by atomic mass is 16.5. The summed E-state index contributed by atoms with van der Waals surface area (Å²) in [5, 5.41) is 0. The molecule has 2 saturated carbocycles. The van der Waals surface area contributed by atoms with Crippen LogP contribution in [-0.4, -0.2) is 6.10 Å². The molecule has 1 aromatic rings. The molecule has 2 aliphatic carbocycles. The van der Waals surface area contributed by atoms with Gasteiger partial charge >= 0.3 is 0 Å². The van der Waals surface area contributed by atoms with Crippen LogP contribution in [0.3, 0.4) is 0 Å². The summed E-state index contributed by atoms with van der Waals surface area (Å²) in [6.45, 7) is 4.32. The van der Waals surface area contributed by atoms with E-state index in [1.54, 1.807) is 0 Å². The first-order valence-corrected chi connectivity index (χ1v) is 7.91. The van der Waals surface area contributed by atoms with Crippen LogP contribution in [0.4, 0.5) is 0 Å². The van der Waals surface area contributed by atoms with Crippen LogP contribution in [0, 0.1) is 19.3 Å². The minimum atomic E-state index is 0.452. The minimum absolute atomic E-state index is 0.452. The summed E-state index contributed by atoms with van der Waals surface area (Å²) in [6.07, 6.45) is 11.6. The van der Waals surface area contributed by atoms with E-state index in [4.69, 9.17) is 4.74 Å². The Morgan fingerprint density at radius 3 is 2.26 bits per heavy atom. The Kier molecular flexibility index (Phi) is 3.56. The third kappa shape index (κ3) is 2.80. The van der Waals surface area contributed by atoms with E-state index >= 15 is 0 Å². The van der Waals surface area contributed by atoms with Crippen molar-refractivity contribution < 1.29 is 4.74 Å². The lowest BCUT2D eigenvalue weighted by molar-refractivity contribution is 0.0823. The molecule has 0 saturated heterocycles. The van der Waals surface area contributed by atoms with Gasteiger partial charge in [-0.2, -0.15) is 0 Å². The first-order valence-electron chi connectivity index (χ1n) is 7.91. The quantitative estimate of drug-likeness (QED) is 0.709. The Morgan fingerprint density at radius 2 is 1.63 bits per heavy atom. The van der Waals surface area contributed by atoms with Crippen molar-refractivity contribution in [3.63, 3.8) is 0 Å². The van der Waals surface area contributed by atoms with Crippen molar-refractivity contribution in [1.29, 1.82) is 0 Å². The van der Waals surface area contributed by atoms with E-state index in [-0.39, 0.29) is 0 Å². The van der Waals surface area contributed by atoms with Gasteiger partial charge < -0.3 is 4.74 Å². The van der Waals surface area contributed by atoms with Crippen molar-refractivity contribution in [2.75, 3.05) is 0 Å². The minimum Gasteiger partial charge on any atom is -0.490 e. The Hall–Kier alpha value is -0.980. The zero-order valence-electron chi connectivity index (χ0n) is 12.4. The number of rotatable bonds is 2. The van der Waals surface area contributed by atoms with Gasteiger partial charge in [-0.05, 0) is 81.0 Å². The van der Waals surface area contributed by atoms with Crippen LogP contribution >= 0.6 is 0 Å². The zero-order chi connectivity index (χ0) is 13.3. The molecule has 0 radical (unpaired) electrons. The Balaban J connectivity index is 1.58. The van der Waals surface area contributed by atoms with Crippen LogP contribution in [0.15, 0.2) is 18.2 Å². The Labute approximate surface area is 117 Å². The van der Waals surface area contributed by atoms with Gasteiger partial charge in [0.05, 0.1) is 6.10 Å². The molecule has 0 aromatic heterocycles.